The number of carbonyl (C=O) groups is 1. The summed E-state index contributed by atoms with van der Waals surface area (Å²) in [5.41, 5.74) is 6.92. The number of nitrogens with two attached hydrogens (primary N) is 1. The zero-order chi connectivity index (χ0) is 13.0. The number of aliphatic hydroxyl groups excluding tert-OH is 1. The van der Waals surface area contributed by atoms with E-state index in [9.17, 15) is 4.79 Å². The van der Waals surface area contributed by atoms with Crippen molar-refractivity contribution < 1.29 is 9.90 Å². The predicted molar refractivity (Wildman–Crippen MR) is 77.5 cm³/mol. The van der Waals surface area contributed by atoms with Crippen LogP contribution in [0.4, 0.5) is 5.69 Å². The van der Waals surface area contributed by atoms with Crippen molar-refractivity contribution in [3.05, 3.63) is 29.8 Å². The van der Waals surface area contributed by atoms with Gasteiger partial charge in [0.25, 0.3) is 5.91 Å². The average Bonchev–Trinajstić information content (AvgIpc) is 2.40. The van der Waals surface area contributed by atoms with Gasteiger partial charge in [-0.05, 0) is 12.1 Å². The summed E-state index contributed by atoms with van der Waals surface area (Å²) in [4.78, 5) is 16.2. The van der Waals surface area contributed by atoms with E-state index in [1.54, 1.807) is 12.1 Å². The van der Waals surface area contributed by atoms with Gasteiger partial charge in [-0.1, -0.05) is 12.1 Å². The van der Waals surface area contributed by atoms with Crippen LogP contribution in [-0.4, -0.2) is 60.1 Å². The fourth-order valence-electron chi connectivity index (χ4n) is 2.18. The number of nitrogen functional groups attached to an aromatic ring is 1. The largest absolute Gasteiger partial charge is 0.398 e. The minimum atomic E-state index is -0.00301. The molecule has 0 aromatic heterocycles. The molecule has 1 saturated heterocycles. The molecule has 0 spiro atoms. The van der Waals surface area contributed by atoms with E-state index in [4.69, 9.17) is 10.8 Å². The number of aliphatic hydroxyl groups is 1. The Hall–Kier alpha value is -1.30. The van der Waals surface area contributed by atoms with Crippen molar-refractivity contribution >= 4 is 24.0 Å². The van der Waals surface area contributed by atoms with Gasteiger partial charge < -0.3 is 15.7 Å². The fraction of sp³-hybridized carbons (Fsp3) is 0.462. The number of para-hydroxylation sites is 1. The van der Waals surface area contributed by atoms with Crippen molar-refractivity contribution in [2.45, 2.75) is 0 Å². The van der Waals surface area contributed by atoms with Gasteiger partial charge in [-0.25, -0.2) is 0 Å². The van der Waals surface area contributed by atoms with Gasteiger partial charge in [0.05, 0.1) is 12.2 Å². The molecular formula is C13H20ClN3O2. The maximum Gasteiger partial charge on any atom is 0.256 e. The summed E-state index contributed by atoms with van der Waals surface area (Å²) in [5.74, 6) is -0.00301. The normalized spacial score (nSPS) is 15.9. The summed E-state index contributed by atoms with van der Waals surface area (Å²) in [7, 11) is 0. The number of carbonyl (C=O) groups excluding carboxylic acids is 1. The number of nitrogens with zero attached hydrogens (tertiary/aromatic N) is 2. The third-order valence-corrected chi connectivity index (χ3v) is 3.27. The van der Waals surface area contributed by atoms with Crippen molar-refractivity contribution in [1.29, 1.82) is 0 Å². The second-order valence-electron chi connectivity index (χ2n) is 4.44. The number of hydrogen-bond donors (Lipinski definition) is 2. The second-order valence-corrected chi connectivity index (χ2v) is 4.44. The molecule has 0 unspecified atom stereocenters. The molecule has 1 aromatic carbocycles. The Morgan fingerprint density at radius 2 is 1.84 bits per heavy atom. The number of piperazine rings is 1. The molecule has 6 heteroatoms. The third kappa shape index (κ3) is 3.83. The maximum absolute atomic E-state index is 12.3. The lowest BCUT2D eigenvalue weighted by atomic mass is 10.1. The number of β-amino-alcohol motifs (C(OH)–C–C–N with tert-alkyl or cyclic N) is 1. The molecule has 0 aliphatic carbocycles. The van der Waals surface area contributed by atoms with Gasteiger partial charge in [0.15, 0.2) is 0 Å². The fourth-order valence-corrected chi connectivity index (χ4v) is 2.18. The smallest absolute Gasteiger partial charge is 0.256 e. The summed E-state index contributed by atoms with van der Waals surface area (Å²) in [6.07, 6.45) is 0. The van der Waals surface area contributed by atoms with Gasteiger partial charge in [0.1, 0.15) is 0 Å². The first-order chi connectivity index (χ1) is 8.72. The lowest BCUT2D eigenvalue weighted by Crippen LogP contribution is -2.49. The number of hydrogen-bond acceptors (Lipinski definition) is 4. The zero-order valence-electron chi connectivity index (χ0n) is 10.8. The van der Waals surface area contributed by atoms with Crippen LogP contribution in [0.15, 0.2) is 24.3 Å². The third-order valence-electron chi connectivity index (χ3n) is 3.27. The molecule has 2 rings (SSSR count). The first-order valence-corrected chi connectivity index (χ1v) is 6.19. The molecule has 1 heterocycles. The molecule has 1 aromatic rings. The van der Waals surface area contributed by atoms with Crippen LogP contribution in [0, 0.1) is 0 Å². The van der Waals surface area contributed by atoms with E-state index in [0.29, 0.717) is 30.9 Å². The van der Waals surface area contributed by atoms with Gasteiger partial charge >= 0.3 is 0 Å². The van der Waals surface area contributed by atoms with Gasteiger partial charge in [0.2, 0.25) is 0 Å². The Morgan fingerprint density at radius 1 is 1.21 bits per heavy atom. The number of rotatable bonds is 3. The molecule has 0 atom stereocenters. The molecule has 106 valence electrons. The Bertz CT molecular complexity index is 420. The van der Waals surface area contributed by atoms with E-state index >= 15 is 0 Å². The van der Waals surface area contributed by atoms with Crippen LogP contribution < -0.4 is 5.73 Å². The van der Waals surface area contributed by atoms with Crippen LogP contribution in [0.2, 0.25) is 0 Å². The molecule has 0 bridgehead atoms. The standard InChI is InChI=1S/C13H19N3O2.ClH/c14-12-4-2-1-3-11(12)13(18)16-7-5-15(6-8-16)9-10-17;/h1-4,17H,5-10,14H2;1H. The molecule has 0 radical (unpaired) electrons. The summed E-state index contributed by atoms with van der Waals surface area (Å²) in [5, 5.41) is 8.87. The van der Waals surface area contributed by atoms with Crippen LogP contribution in [-0.2, 0) is 0 Å². The molecule has 1 aliphatic rings. The van der Waals surface area contributed by atoms with Crippen LogP contribution >= 0.6 is 12.4 Å². The van der Waals surface area contributed by atoms with Gasteiger partial charge in [0, 0.05) is 38.4 Å². The molecular weight excluding hydrogens is 266 g/mol. The quantitative estimate of drug-likeness (QED) is 0.791. The lowest BCUT2D eigenvalue weighted by Gasteiger charge is -2.34. The van der Waals surface area contributed by atoms with Crippen molar-refractivity contribution in [3.8, 4) is 0 Å². The van der Waals surface area contributed by atoms with Crippen molar-refractivity contribution in [2.75, 3.05) is 45.1 Å². The highest BCUT2D eigenvalue weighted by molar-refractivity contribution is 5.99. The number of anilines is 1. The van der Waals surface area contributed by atoms with E-state index in [0.717, 1.165) is 13.1 Å². The number of benzene rings is 1. The summed E-state index contributed by atoms with van der Waals surface area (Å²) in [6.45, 7) is 3.83. The second kappa shape index (κ2) is 7.33. The average molecular weight is 286 g/mol. The summed E-state index contributed by atoms with van der Waals surface area (Å²) < 4.78 is 0. The SMILES string of the molecule is Cl.Nc1ccccc1C(=O)N1CCN(CCO)CC1. The molecule has 5 nitrogen and oxygen atoms in total. The van der Waals surface area contributed by atoms with Gasteiger partial charge in [-0.15, -0.1) is 12.4 Å². The van der Waals surface area contributed by atoms with Crippen LogP contribution in [0.3, 0.4) is 0 Å². The molecule has 1 amide bonds. The Balaban J connectivity index is 0.00000180. The highest BCUT2D eigenvalue weighted by Gasteiger charge is 2.22. The lowest BCUT2D eigenvalue weighted by molar-refractivity contribution is 0.0616. The molecule has 0 saturated carbocycles. The van der Waals surface area contributed by atoms with E-state index in [1.807, 2.05) is 17.0 Å². The monoisotopic (exact) mass is 285 g/mol. The molecule has 3 N–H and O–H groups in total. The van der Waals surface area contributed by atoms with E-state index < -0.39 is 0 Å². The summed E-state index contributed by atoms with van der Waals surface area (Å²) in [6, 6.07) is 7.16. The van der Waals surface area contributed by atoms with E-state index in [2.05, 4.69) is 4.90 Å². The Kier molecular flexibility index (Phi) is 6.08. The number of halogens is 1. The van der Waals surface area contributed by atoms with Gasteiger partial charge in [-0.2, -0.15) is 0 Å². The molecule has 1 fully saturated rings. The minimum Gasteiger partial charge on any atom is -0.398 e. The highest BCUT2D eigenvalue weighted by atomic mass is 35.5. The Morgan fingerprint density at radius 3 is 2.42 bits per heavy atom. The van der Waals surface area contributed by atoms with E-state index in [1.165, 1.54) is 0 Å². The van der Waals surface area contributed by atoms with Crippen molar-refractivity contribution in [1.82, 2.24) is 9.80 Å². The van der Waals surface area contributed by atoms with E-state index in [-0.39, 0.29) is 24.9 Å². The zero-order valence-corrected chi connectivity index (χ0v) is 11.6. The van der Waals surface area contributed by atoms with Crippen molar-refractivity contribution in [2.24, 2.45) is 0 Å². The molecule has 19 heavy (non-hydrogen) atoms. The van der Waals surface area contributed by atoms with Crippen molar-refractivity contribution in [3.63, 3.8) is 0 Å². The minimum absolute atomic E-state index is 0. The maximum atomic E-state index is 12.3. The van der Waals surface area contributed by atoms with Gasteiger partial charge in [-0.3, -0.25) is 9.69 Å². The predicted octanol–water partition coefficient (Wildman–Crippen LogP) is 0.441. The van der Waals surface area contributed by atoms with Crippen LogP contribution in [0.1, 0.15) is 10.4 Å². The molecule has 1 aliphatic heterocycles. The first kappa shape index (κ1) is 15.8. The highest BCUT2D eigenvalue weighted by Crippen LogP contribution is 2.14. The van der Waals surface area contributed by atoms with Crippen LogP contribution in [0.5, 0.6) is 0 Å². The first-order valence-electron chi connectivity index (χ1n) is 6.19. The number of amides is 1. The van der Waals surface area contributed by atoms with Crippen LogP contribution in [0.25, 0.3) is 0 Å². The Labute approximate surface area is 119 Å². The topological polar surface area (TPSA) is 69.8 Å². The summed E-state index contributed by atoms with van der Waals surface area (Å²) >= 11 is 0.